The van der Waals surface area contributed by atoms with Crippen molar-refractivity contribution in [3.8, 4) is 0 Å². The normalized spacial score (nSPS) is 16.4. The van der Waals surface area contributed by atoms with Crippen LogP contribution < -0.4 is 0 Å². The molecule has 0 saturated heterocycles. The summed E-state index contributed by atoms with van der Waals surface area (Å²) >= 11 is 0. The fourth-order valence-corrected chi connectivity index (χ4v) is 6.96. The average molecular weight is 269 g/mol. The summed E-state index contributed by atoms with van der Waals surface area (Å²) in [7, 11) is -4.14. The fraction of sp³-hybridized carbons (Fsp3) is 0.538. The molecule has 0 radical (unpaired) electrons. The molecule has 1 unspecified atom stereocenters. The summed E-state index contributed by atoms with van der Waals surface area (Å²) in [5.41, 5.74) is 0. The maximum atomic E-state index is 12.7. The smallest absolute Gasteiger partial charge is 0.193 e. The Morgan fingerprint density at radius 2 is 1.59 bits per heavy atom. The maximum Gasteiger partial charge on any atom is 0.193 e. The van der Waals surface area contributed by atoms with Gasteiger partial charge >= 0.3 is 0 Å². The van der Waals surface area contributed by atoms with Crippen LogP contribution in [0.2, 0.25) is 18.1 Å². The van der Waals surface area contributed by atoms with Crippen molar-refractivity contribution in [2.24, 2.45) is 4.03 Å². The molecular weight excluding hydrogens is 246 g/mol. The molecule has 1 aromatic carbocycles. The third kappa shape index (κ3) is 3.42. The standard InChI is InChI=1S/C13H23NOSSi/c1-13(2,3)17(5,6)14-16(4,15)12-10-8-7-9-11-12/h7-11H,1-6H3. The van der Waals surface area contributed by atoms with Crippen molar-refractivity contribution in [1.82, 2.24) is 0 Å². The van der Waals surface area contributed by atoms with Crippen LogP contribution in [0.25, 0.3) is 0 Å². The quantitative estimate of drug-likeness (QED) is 0.742. The molecule has 4 heteroatoms. The minimum atomic E-state index is -2.26. The molecule has 17 heavy (non-hydrogen) atoms. The highest BCUT2D eigenvalue weighted by Gasteiger charge is 2.37. The number of nitrogens with zero attached hydrogens (tertiary/aromatic N) is 1. The zero-order valence-electron chi connectivity index (χ0n) is 11.7. The van der Waals surface area contributed by atoms with Crippen molar-refractivity contribution in [3.63, 3.8) is 0 Å². The Bertz CT molecular complexity index is 494. The molecule has 0 aliphatic carbocycles. The van der Waals surface area contributed by atoms with Gasteiger partial charge in [0, 0.05) is 11.2 Å². The SMILES string of the molecule is CC(C)(C)[Si](C)(C)N=S(C)(=O)c1ccccc1. The summed E-state index contributed by atoms with van der Waals surface area (Å²) in [5.74, 6) is 0. The van der Waals surface area contributed by atoms with E-state index in [1.807, 2.05) is 30.3 Å². The lowest BCUT2D eigenvalue weighted by Gasteiger charge is -2.33. The highest BCUT2D eigenvalue weighted by Crippen LogP contribution is 2.38. The van der Waals surface area contributed by atoms with E-state index in [4.69, 9.17) is 4.03 Å². The van der Waals surface area contributed by atoms with Gasteiger partial charge in [0.25, 0.3) is 0 Å². The lowest BCUT2D eigenvalue weighted by molar-refractivity contribution is 0.678. The fourth-order valence-electron chi connectivity index (χ4n) is 1.30. The summed E-state index contributed by atoms with van der Waals surface area (Å²) in [6.45, 7) is 10.9. The number of hydrogen-bond donors (Lipinski definition) is 0. The van der Waals surface area contributed by atoms with Crippen molar-refractivity contribution in [3.05, 3.63) is 30.3 Å². The topological polar surface area (TPSA) is 29.4 Å². The summed E-state index contributed by atoms with van der Waals surface area (Å²) in [6.07, 6.45) is 1.75. The number of rotatable bonds is 2. The maximum absolute atomic E-state index is 12.7. The van der Waals surface area contributed by atoms with Gasteiger partial charge in [0.15, 0.2) is 8.24 Å². The molecule has 0 spiro atoms. The highest BCUT2D eigenvalue weighted by atomic mass is 32.2. The first-order valence-electron chi connectivity index (χ1n) is 5.85. The Morgan fingerprint density at radius 1 is 1.12 bits per heavy atom. The Kier molecular flexibility index (Phi) is 3.89. The van der Waals surface area contributed by atoms with E-state index in [2.05, 4.69) is 33.9 Å². The van der Waals surface area contributed by atoms with Crippen molar-refractivity contribution in [2.45, 2.75) is 43.8 Å². The van der Waals surface area contributed by atoms with Crippen molar-refractivity contribution in [1.29, 1.82) is 0 Å². The molecule has 96 valence electrons. The largest absolute Gasteiger partial charge is 0.274 e. The molecule has 1 atom stereocenters. The summed E-state index contributed by atoms with van der Waals surface area (Å²) in [6, 6.07) is 9.57. The Morgan fingerprint density at radius 3 is 2.00 bits per heavy atom. The highest BCUT2D eigenvalue weighted by molar-refractivity contribution is 7.93. The molecule has 0 aliphatic heterocycles. The molecule has 0 bridgehead atoms. The van der Waals surface area contributed by atoms with E-state index >= 15 is 0 Å². The van der Waals surface area contributed by atoms with Crippen LogP contribution in [0.4, 0.5) is 0 Å². The van der Waals surface area contributed by atoms with Crippen LogP contribution in [0.1, 0.15) is 20.8 Å². The molecule has 0 N–H and O–H groups in total. The van der Waals surface area contributed by atoms with Crippen LogP contribution in [0.15, 0.2) is 39.3 Å². The van der Waals surface area contributed by atoms with Crippen molar-refractivity contribution >= 4 is 18.0 Å². The Hall–Kier alpha value is -0.613. The first-order chi connectivity index (χ1) is 7.56. The van der Waals surface area contributed by atoms with Crippen LogP contribution in [-0.4, -0.2) is 18.7 Å². The summed E-state index contributed by atoms with van der Waals surface area (Å²) in [4.78, 5) is 0.838. The lowest BCUT2D eigenvalue weighted by Crippen LogP contribution is -2.36. The van der Waals surface area contributed by atoms with Crippen molar-refractivity contribution < 1.29 is 4.21 Å². The predicted molar refractivity (Wildman–Crippen MR) is 78.4 cm³/mol. The molecule has 1 aromatic rings. The van der Waals surface area contributed by atoms with Crippen LogP contribution in [0.3, 0.4) is 0 Å². The molecular formula is C13H23NOSSi. The van der Waals surface area contributed by atoms with Gasteiger partial charge in [0.1, 0.15) is 0 Å². The molecule has 0 amide bonds. The third-order valence-electron chi connectivity index (χ3n) is 3.42. The molecule has 1 rings (SSSR count). The third-order valence-corrected chi connectivity index (χ3v) is 11.5. The van der Waals surface area contributed by atoms with Crippen LogP contribution >= 0.6 is 0 Å². The van der Waals surface area contributed by atoms with E-state index in [1.165, 1.54) is 0 Å². The number of hydrogen-bond acceptors (Lipinski definition) is 2. The molecule has 0 aliphatic rings. The Labute approximate surface area is 107 Å². The first kappa shape index (κ1) is 14.4. The van der Waals surface area contributed by atoms with Gasteiger partial charge < -0.3 is 0 Å². The van der Waals surface area contributed by atoms with E-state index in [9.17, 15) is 4.21 Å². The first-order valence-corrected chi connectivity index (χ1v) is 10.7. The second-order valence-corrected chi connectivity index (χ2v) is 13.4. The van der Waals surface area contributed by atoms with Gasteiger partial charge in [-0.25, -0.2) is 4.21 Å². The van der Waals surface area contributed by atoms with E-state index in [0.717, 1.165) is 4.90 Å². The van der Waals surface area contributed by atoms with Crippen LogP contribution in [-0.2, 0) is 9.73 Å². The van der Waals surface area contributed by atoms with E-state index in [1.54, 1.807) is 6.26 Å². The van der Waals surface area contributed by atoms with Gasteiger partial charge in [-0.1, -0.05) is 39.0 Å². The van der Waals surface area contributed by atoms with Crippen LogP contribution in [0.5, 0.6) is 0 Å². The van der Waals surface area contributed by atoms with Gasteiger partial charge in [-0.3, -0.25) is 4.03 Å². The minimum Gasteiger partial charge on any atom is -0.274 e. The molecule has 0 aromatic heterocycles. The summed E-state index contributed by atoms with van der Waals surface area (Å²) < 4.78 is 17.5. The zero-order chi connectivity index (χ0) is 13.3. The molecule has 0 saturated carbocycles. The van der Waals surface area contributed by atoms with E-state index in [0.29, 0.717) is 0 Å². The molecule has 0 heterocycles. The monoisotopic (exact) mass is 269 g/mol. The number of benzene rings is 1. The Balaban J connectivity index is 3.29. The van der Waals surface area contributed by atoms with Gasteiger partial charge in [0.05, 0.1) is 9.73 Å². The summed E-state index contributed by atoms with van der Waals surface area (Å²) in [5, 5.41) is 0.125. The van der Waals surface area contributed by atoms with Gasteiger partial charge in [-0.15, -0.1) is 0 Å². The second-order valence-electron chi connectivity index (χ2n) is 6.02. The van der Waals surface area contributed by atoms with E-state index < -0.39 is 18.0 Å². The van der Waals surface area contributed by atoms with Crippen molar-refractivity contribution in [2.75, 3.05) is 6.26 Å². The second kappa shape index (κ2) is 4.57. The predicted octanol–water partition coefficient (Wildman–Crippen LogP) is 4.15. The zero-order valence-corrected chi connectivity index (χ0v) is 13.5. The molecule has 2 nitrogen and oxygen atoms in total. The van der Waals surface area contributed by atoms with Gasteiger partial charge in [-0.05, 0) is 30.3 Å². The van der Waals surface area contributed by atoms with Crippen LogP contribution in [0, 0.1) is 0 Å². The van der Waals surface area contributed by atoms with E-state index in [-0.39, 0.29) is 5.04 Å². The van der Waals surface area contributed by atoms with Gasteiger partial charge in [0.2, 0.25) is 0 Å². The average Bonchev–Trinajstić information content (AvgIpc) is 2.15. The molecule has 0 fully saturated rings. The minimum absolute atomic E-state index is 0.125. The van der Waals surface area contributed by atoms with Gasteiger partial charge in [-0.2, -0.15) is 0 Å². The lowest BCUT2D eigenvalue weighted by atomic mass is 10.2.